The Kier molecular flexibility index (Phi) is 6.28. The zero-order valence-corrected chi connectivity index (χ0v) is 19.9. The van der Waals surface area contributed by atoms with Crippen molar-refractivity contribution in [1.82, 2.24) is 14.9 Å². The van der Waals surface area contributed by atoms with Gasteiger partial charge in [0.15, 0.2) is 0 Å². The highest BCUT2D eigenvalue weighted by molar-refractivity contribution is 6.08. The lowest BCUT2D eigenvalue weighted by Gasteiger charge is -2.34. The Morgan fingerprint density at radius 1 is 1.03 bits per heavy atom. The predicted octanol–water partition coefficient (Wildman–Crippen LogP) is 2.35. The van der Waals surface area contributed by atoms with Crippen molar-refractivity contribution in [3.63, 3.8) is 0 Å². The normalized spacial score (nSPS) is 15.8. The maximum absolute atomic E-state index is 13.1. The molecule has 0 unspecified atom stereocenters. The Morgan fingerprint density at radius 3 is 2.57 bits per heavy atom. The third-order valence-corrected chi connectivity index (χ3v) is 6.37. The zero-order chi connectivity index (χ0) is 24.4. The van der Waals surface area contributed by atoms with Crippen molar-refractivity contribution in [3.05, 3.63) is 64.7 Å². The monoisotopic (exact) mass is 475 g/mol. The zero-order valence-electron chi connectivity index (χ0n) is 19.9. The Labute approximate surface area is 203 Å². The van der Waals surface area contributed by atoms with Crippen molar-refractivity contribution in [2.24, 2.45) is 0 Å². The first-order chi connectivity index (χ1) is 17.0. The number of benzene rings is 1. The predicted molar refractivity (Wildman–Crippen MR) is 137 cm³/mol. The first kappa shape index (κ1) is 22.7. The molecule has 4 heterocycles. The molecular weight excluding hydrogens is 446 g/mol. The lowest BCUT2D eigenvalue weighted by Crippen LogP contribution is -2.44. The van der Waals surface area contributed by atoms with E-state index in [1.807, 2.05) is 42.3 Å². The first-order valence-corrected chi connectivity index (χ1v) is 11.7. The molecule has 0 atom stereocenters. The van der Waals surface area contributed by atoms with Gasteiger partial charge < -0.3 is 35.1 Å². The Morgan fingerprint density at radius 2 is 1.80 bits per heavy atom. The van der Waals surface area contributed by atoms with Crippen LogP contribution in [0.25, 0.3) is 0 Å². The number of hydrogen-bond donors (Lipinski definition) is 3. The van der Waals surface area contributed by atoms with E-state index in [1.54, 1.807) is 12.3 Å². The summed E-state index contributed by atoms with van der Waals surface area (Å²) in [6, 6.07) is 11.3. The molecule has 2 aliphatic rings. The van der Waals surface area contributed by atoms with Crippen LogP contribution < -0.4 is 30.7 Å². The number of likely N-dealkylation sites (N-methyl/N-ethyl adjacent to an activating group) is 2. The number of carbonyl (C=O) groups excluding carboxylic acids is 1. The number of fused-ring (bicyclic) bond motifs is 1. The van der Waals surface area contributed by atoms with Gasteiger partial charge in [0.05, 0.1) is 24.1 Å². The maximum atomic E-state index is 13.1. The Bertz CT molecular complexity index is 1270. The van der Waals surface area contributed by atoms with Crippen LogP contribution >= 0.6 is 0 Å². The summed E-state index contributed by atoms with van der Waals surface area (Å²) in [7, 11) is 4.09. The molecule has 2 aliphatic heterocycles. The minimum atomic E-state index is -0.493. The lowest BCUT2D eigenvalue weighted by molar-refractivity contribution is 0.102. The smallest absolute Gasteiger partial charge is 0.263 e. The number of piperazine rings is 1. The van der Waals surface area contributed by atoms with Crippen LogP contribution in [0.1, 0.15) is 10.4 Å². The summed E-state index contributed by atoms with van der Waals surface area (Å²) in [5.41, 5.74) is 3.14. The lowest BCUT2D eigenvalue weighted by atomic mass is 10.2. The van der Waals surface area contributed by atoms with Crippen LogP contribution in [0.5, 0.6) is 5.88 Å². The number of H-pyrrole nitrogens is 1. The van der Waals surface area contributed by atoms with Crippen LogP contribution in [0.3, 0.4) is 0 Å². The second kappa shape index (κ2) is 9.67. The summed E-state index contributed by atoms with van der Waals surface area (Å²) in [5, 5.41) is 6.02. The van der Waals surface area contributed by atoms with Gasteiger partial charge in [0.1, 0.15) is 17.9 Å². The average molecular weight is 476 g/mol. The van der Waals surface area contributed by atoms with Crippen LogP contribution in [-0.4, -0.2) is 74.2 Å². The highest BCUT2D eigenvalue weighted by atomic mass is 16.5. The van der Waals surface area contributed by atoms with Gasteiger partial charge in [-0.2, -0.15) is 0 Å². The average Bonchev–Trinajstić information content (AvgIpc) is 2.86. The van der Waals surface area contributed by atoms with E-state index in [0.29, 0.717) is 29.5 Å². The molecule has 0 saturated carbocycles. The minimum absolute atomic E-state index is 0.00188. The van der Waals surface area contributed by atoms with E-state index in [2.05, 4.69) is 37.4 Å². The van der Waals surface area contributed by atoms with E-state index in [9.17, 15) is 9.59 Å². The molecule has 2 aromatic heterocycles. The summed E-state index contributed by atoms with van der Waals surface area (Å²) in [6.45, 7) is 5.32. The van der Waals surface area contributed by atoms with Gasteiger partial charge in [-0.05, 0) is 43.4 Å². The van der Waals surface area contributed by atoms with Gasteiger partial charge in [-0.1, -0.05) is 0 Å². The summed E-state index contributed by atoms with van der Waals surface area (Å²) in [5.74, 6) is 0.0706. The third-order valence-electron chi connectivity index (χ3n) is 6.37. The molecule has 0 radical (unpaired) electrons. The molecule has 10 nitrogen and oxygen atoms in total. The molecule has 1 saturated heterocycles. The number of aromatic nitrogens is 2. The molecule has 35 heavy (non-hydrogen) atoms. The van der Waals surface area contributed by atoms with E-state index in [-0.39, 0.29) is 5.56 Å². The molecular formula is C25H29N7O3. The van der Waals surface area contributed by atoms with Crippen molar-refractivity contribution in [2.45, 2.75) is 0 Å². The molecule has 1 amide bonds. The number of amides is 1. The summed E-state index contributed by atoms with van der Waals surface area (Å²) < 4.78 is 5.59. The van der Waals surface area contributed by atoms with E-state index in [4.69, 9.17) is 4.74 Å². The van der Waals surface area contributed by atoms with E-state index >= 15 is 0 Å². The molecule has 0 spiro atoms. The number of ether oxygens (including phenoxy) is 1. The van der Waals surface area contributed by atoms with E-state index in [1.165, 1.54) is 6.20 Å². The second-order valence-corrected chi connectivity index (χ2v) is 8.83. The molecule has 3 N–H and O–H groups in total. The molecule has 0 aliphatic carbocycles. The Balaban J connectivity index is 1.33. The van der Waals surface area contributed by atoms with Gasteiger partial charge in [0, 0.05) is 50.8 Å². The quantitative estimate of drug-likeness (QED) is 0.517. The number of pyridine rings is 2. The fourth-order valence-electron chi connectivity index (χ4n) is 4.27. The van der Waals surface area contributed by atoms with Gasteiger partial charge in [-0.3, -0.25) is 9.59 Å². The third kappa shape index (κ3) is 4.92. The SMILES string of the molecule is CN1CCN(c2ccc(NC(=O)c3c(Nc4cnc5c(c4)N(C)CCO5)cc[nH]c3=O)cc2)CC1. The number of nitrogens with zero attached hydrogens (tertiary/aromatic N) is 4. The summed E-state index contributed by atoms with van der Waals surface area (Å²) in [6.07, 6.45) is 3.13. The first-order valence-electron chi connectivity index (χ1n) is 11.7. The van der Waals surface area contributed by atoms with E-state index in [0.717, 1.165) is 44.1 Å². The van der Waals surface area contributed by atoms with Crippen LogP contribution in [0.4, 0.5) is 28.4 Å². The van der Waals surface area contributed by atoms with Gasteiger partial charge in [-0.15, -0.1) is 0 Å². The maximum Gasteiger partial charge on any atom is 0.263 e. The van der Waals surface area contributed by atoms with Gasteiger partial charge in [0.2, 0.25) is 5.88 Å². The van der Waals surface area contributed by atoms with Crippen LogP contribution in [0.2, 0.25) is 0 Å². The van der Waals surface area contributed by atoms with Crippen molar-refractivity contribution >= 4 is 34.3 Å². The van der Waals surface area contributed by atoms with Gasteiger partial charge in [-0.25, -0.2) is 4.98 Å². The standard InChI is InChI=1S/C25H29N7O3/c1-30-9-11-32(12-10-30)19-5-3-17(4-6-19)29-24(34)22-20(7-8-26-23(22)33)28-18-15-21-25(27-16-18)35-14-13-31(21)2/h3-8,15-16H,9-14H2,1-2H3,(H,29,34)(H2,26,28,33). The fourth-order valence-corrected chi connectivity index (χ4v) is 4.27. The molecule has 1 aromatic carbocycles. The number of hydrogen-bond acceptors (Lipinski definition) is 8. The van der Waals surface area contributed by atoms with Crippen LogP contribution in [0, 0.1) is 0 Å². The van der Waals surface area contributed by atoms with Gasteiger partial charge in [0.25, 0.3) is 11.5 Å². The molecule has 3 aromatic rings. The highest BCUT2D eigenvalue weighted by Gasteiger charge is 2.20. The fraction of sp³-hybridized carbons (Fsp3) is 0.320. The summed E-state index contributed by atoms with van der Waals surface area (Å²) >= 11 is 0. The minimum Gasteiger partial charge on any atom is -0.474 e. The molecule has 5 rings (SSSR count). The van der Waals surface area contributed by atoms with Crippen molar-refractivity contribution in [2.75, 3.05) is 73.9 Å². The largest absolute Gasteiger partial charge is 0.474 e. The number of rotatable bonds is 5. The number of anilines is 5. The molecule has 182 valence electrons. The van der Waals surface area contributed by atoms with Crippen LogP contribution in [0.15, 0.2) is 53.6 Å². The second-order valence-electron chi connectivity index (χ2n) is 8.83. The number of aromatic amines is 1. The molecule has 0 bridgehead atoms. The van der Waals surface area contributed by atoms with Crippen molar-refractivity contribution < 1.29 is 9.53 Å². The van der Waals surface area contributed by atoms with Crippen LogP contribution in [-0.2, 0) is 0 Å². The highest BCUT2D eigenvalue weighted by Crippen LogP contribution is 2.32. The van der Waals surface area contributed by atoms with Crippen molar-refractivity contribution in [3.8, 4) is 5.88 Å². The number of nitrogens with one attached hydrogen (secondary N) is 3. The summed E-state index contributed by atoms with van der Waals surface area (Å²) in [4.78, 5) is 39.4. The topological polar surface area (TPSA) is 106 Å². The Hall–Kier alpha value is -4.05. The van der Waals surface area contributed by atoms with E-state index < -0.39 is 11.5 Å². The van der Waals surface area contributed by atoms with Gasteiger partial charge >= 0.3 is 0 Å². The molecule has 10 heteroatoms. The van der Waals surface area contributed by atoms with Crippen molar-refractivity contribution in [1.29, 1.82) is 0 Å². The number of carbonyl (C=O) groups is 1. The molecule has 1 fully saturated rings.